The van der Waals surface area contributed by atoms with Gasteiger partial charge in [-0.15, -0.1) is 0 Å². The van der Waals surface area contributed by atoms with Crippen molar-refractivity contribution >= 4 is 15.9 Å². The van der Waals surface area contributed by atoms with E-state index >= 15 is 0 Å². The summed E-state index contributed by atoms with van der Waals surface area (Å²) in [5, 5.41) is 8.37. The van der Waals surface area contributed by atoms with Gasteiger partial charge in [0.2, 0.25) is 5.95 Å². The first kappa shape index (κ1) is 10.1. The Morgan fingerprint density at radius 1 is 1.77 bits per heavy atom. The van der Waals surface area contributed by atoms with Crippen molar-refractivity contribution in [2.45, 2.75) is 12.5 Å². The van der Waals surface area contributed by atoms with Gasteiger partial charge in [0.25, 0.3) is 0 Å². The molecule has 0 bridgehead atoms. The van der Waals surface area contributed by atoms with Crippen molar-refractivity contribution in [3.05, 3.63) is 28.2 Å². The summed E-state index contributed by atoms with van der Waals surface area (Å²) in [6.07, 6.45) is 1.42. The lowest BCUT2D eigenvalue weighted by atomic mass is 10.1. The fourth-order valence-electron chi connectivity index (χ4n) is 0.907. The fourth-order valence-corrected chi connectivity index (χ4v) is 1.26. The van der Waals surface area contributed by atoms with E-state index in [2.05, 4.69) is 20.9 Å². The van der Waals surface area contributed by atoms with Crippen LogP contribution in [0.1, 0.15) is 18.0 Å². The molecule has 5 heteroatoms. The van der Waals surface area contributed by atoms with Crippen molar-refractivity contribution in [1.82, 2.24) is 4.98 Å². The van der Waals surface area contributed by atoms with Gasteiger partial charge in [0, 0.05) is 22.3 Å². The number of pyridine rings is 1. The number of rotatable bonds is 2. The summed E-state index contributed by atoms with van der Waals surface area (Å²) in [7, 11) is 0. The Balaban J connectivity index is 3.00. The van der Waals surface area contributed by atoms with E-state index in [0.717, 1.165) is 0 Å². The summed E-state index contributed by atoms with van der Waals surface area (Å²) in [5.74, 6) is -0.619. The third-order valence-corrected chi connectivity index (χ3v) is 1.98. The number of nitriles is 1. The van der Waals surface area contributed by atoms with Crippen molar-refractivity contribution < 1.29 is 4.39 Å². The van der Waals surface area contributed by atoms with Gasteiger partial charge in [-0.05, 0) is 22.0 Å². The summed E-state index contributed by atoms with van der Waals surface area (Å²) in [4.78, 5) is 3.48. The summed E-state index contributed by atoms with van der Waals surface area (Å²) in [6.45, 7) is 0. The molecule has 0 saturated carbocycles. The highest BCUT2D eigenvalue weighted by Gasteiger charge is 2.12. The highest BCUT2D eigenvalue weighted by molar-refractivity contribution is 9.10. The van der Waals surface area contributed by atoms with Crippen molar-refractivity contribution in [2.75, 3.05) is 0 Å². The van der Waals surface area contributed by atoms with E-state index in [1.165, 1.54) is 12.3 Å². The Kier molecular flexibility index (Phi) is 3.34. The maximum atomic E-state index is 13.0. The van der Waals surface area contributed by atoms with Crippen LogP contribution < -0.4 is 5.73 Å². The second-order valence-corrected chi connectivity index (χ2v) is 3.42. The van der Waals surface area contributed by atoms with Crippen molar-refractivity contribution in [2.24, 2.45) is 5.73 Å². The number of nitrogens with zero attached hydrogens (tertiary/aromatic N) is 2. The zero-order chi connectivity index (χ0) is 9.84. The molecule has 0 radical (unpaired) electrons. The number of halogens is 2. The van der Waals surface area contributed by atoms with Gasteiger partial charge < -0.3 is 5.73 Å². The standard InChI is InChI=1S/C8H7BrFN3/c9-5-3-6(7(12)1-2-11)8(10)13-4-5/h3-4,7H,1,12H2/t7-/m0/s1. The lowest BCUT2D eigenvalue weighted by Gasteiger charge is -2.08. The number of aromatic nitrogens is 1. The van der Waals surface area contributed by atoms with Gasteiger partial charge in [0.1, 0.15) is 0 Å². The van der Waals surface area contributed by atoms with Crippen molar-refractivity contribution in [1.29, 1.82) is 5.26 Å². The van der Waals surface area contributed by atoms with Gasteiger partial charge in [-0.25, -0.2) is 4.98 Å². The molecule has 0 aromatic carbocycles. The third kappa shape index (κ3) is 2.47. The van der Waals surface area contributed by atoms with Gasteiger partial charge in [0.05, 0.1) is 12.5 Å². The number of hydrogen-bond donors (Lipinski definition) is 1. The summed E-state index contributed by atoms with van der Waals surface area (Å²) in [5.41, 5.74) is 5.81. The van der Waals surface area contributed by atoms with E-state index in [0.29, 0.717) is 4.47 Å². The Labute approximate surface area is 83.5 Å². The van der Waals surface area contributed by atoms with Crippen LogP contribution in [0.15, 0.2) is 16.7 Å². The van der Waals surface area contributed by atoms with Crippen LogP contribution in [0.4, 0.5) is 4.39 Å². The smallest absolute Gasteiger partial charge is 0.217 e. The zero-order valence-electron chi connectivity index (χ0n) is 6.67. The first-order valence-electron chi connectivity index (χ1n) is 3.58. The van der Waals surface area contributed by atoms with Gasteiger partial charge in [-0.3, -0.25) is 0 Å². The van der Waals surface area contributed by atoms with Crippen LogP contribution in [0.5, 0.6) is 0 Å². The average molecular weight is 244 g/mol. The van der Waals surface area contributed by atoms with Crippen LogP contribution in [-0.4, -0.2) is 4.98 Å². The topological polar surface area (TPSA) is 62.7 Å². The van der Waals surface area contributed by atoms with Gasteiger partial charge >= 0.3 is 0 Å². The van der Waals surface area contributed by atoms with E-state index in [1.54, 1.807) is 0 Å². The molecule has 0 fully saturated rings. The van der Waals surface area contributed by atoms with E-state index in [-0.39, 0.29) is 12.0 Å². The molecule has 0 amide bonds. The van der Waals surface area contributed by atoms with Crippen molar-refractivity contribution in [3.8, 4) is 6.07 Å². The molecule has 68 valence electrons. The van der Waals surface area contributed by atoms with Crippen LogP contribution in [0, 0.1) is 17.3 Å². The van der Waals surface area contributed by atoms with E-state index in [9.17, 15) is 4.39 Å². The van der Waals surface area contributed by atoms with Crippen LogP contribution in [-0.2, 0) is 0 Å². The van der Waals surface area contributed by atoms with Crippen LogP contribution in [0.3, 0.4) is 0 Å². The van der Waals surface area contributed by atoms with E-state index in [4.69, 9.17) is 11.0 Å². The molecule has 0 saturated heterocycles. The Morgan fingerprint density at radius 3 is 3.08 bits per heavy atom. The Hall–Kier alpha value is -0.990. The monoisotopic (exact) mass is 243 g/mol. The van der Waals surface area contributed by atoms with Gasteiger partial charge in [-0.2, -0.15) is 9.65 Å². The maximum absolute atomic E-state index is 13.0. The molecule has 0 aliphatic rings. The molecule has 1 aromatic heterocycles. The summed E-state index contributed by atoms with van der Waals surface area (Å²) >= 11 is 3.15. The highest BCUT2D eigenvalue weighted by atomic mass is 79.9. The summed E-state index contributed by atoms with van der Waals surface area (Å²) in [6, 6.07) is 2.79. The van der Waals surface area contributed by atoms with Crippen LogP contribution in [0.2, 0.25) is 0 Å². The molecule has 1 aromatic rings. The maximum Gasteiger partial charge on any atom is 0.217 e. The first-order chi connectivity index (χ1) is 6.15. The largest absolute Gasteiger partial charge is 0.323 e. The van der Waals surface area contributed by atoms with E-state index in [1.807, 2.05) is 6.07 Å². The first-order valence-corrected chi connectivity index (χ1v) is 4.38. The van der Waals surface area contributed by atoms with Crippen LogP contribution >= 0.6 is 15.9 Å². The molecular formula is C8H7BrFN3. The minimum absolute atomic E-state index is 0.0784. The quantitative estimate of drug-likeness (QED) is 0.808. The molecule has 0 aliphatic heterocycles. The molecule has 13 heavy (non-hydrogen) atoms. The Bertz CT molecular complexity index is 348. The molecule has 1 rings (SSSR count). The van der Waals surface area contributed by atoms with Gasteiger partial charge in [-0.1, -0.05) is 0 Å². The second kappa shape index (κ2) is 4.30. The third-order valence-electron chi connectivity index (χ3n) is 1.54. The van der Waals surface area contributed by atoms with Gasteiger partial charge in [0.15, 0.2) is 0 Å². The number of hydrogen-bond acceptors (Lipinski definition) is 3. The van der Waals surface area contributed by atoms with Crippen molar-refractivity contribution in [3.63, 3.8) is 0 Å². The molecule has 1 atom stereocenters. The average Bonchev–Trinajstić information content (AvgIpc) is 2.09. The molecule has 3 nitrogen and oxygen atoms in total. The lowest BCUT2D eigenvalue weighted by molar-refractivity contribution is 0.546. The Morgan fingerprint density at radius 2 is 2.46 bits per heavy atom. The normalized spacial score (nSPS) is 12.2. The minimum atomic E-state index is -0.619. The summed E-state index contributed by atoms with van der Waals surface area (Å²) < 4.78 is 13.7. The van der Waals surface area contributed by atoms with E-state index < -0.39 is 12.0 Å². The SMILES string of the molecule is N#CC[C@H](N)c1cc(Br)cnc1F. The second-order valence-electron chi connectivity index (χ2n) is 2.50. The molecule has 0 unspecified atom stereocenters. The lowest BCUT2D eigenvalue weighted by Crippen LogP contribution is -2.12. The predicted molar refractivity (Wildman–Crippen MR) is 49.1 cm³/mol. The molecule has 0 spiro atoms. The highest BCUT2D eigenvalue weighted by Crippen LogP contribution is 2.19. The minimum Gasteiger partial charge on any atom is -0.323 e. The molecular weight excluding hydrogens is 237 g/mol. The molecule has 2 N–H and O–H groups in total. The molecule has 1 heterocycles. The zero-order valence-corrected chi connectivity index (χ0v) is 8.25. The van der Waals surface area contributed by atoms with Crippen LogP contribution in [0.25, 0.3) is 0 Å². The number of nitrogens with two attached hydrogens (primary N) is 1. The fraction of sp³-hybridized carbons (Fsp3) is 0.250. The predicted octanol–water partition coefficient (Wildman–Crippen LogP) is 1.90. The molecule has 0 aliphatic carbocycles.